The lowest BCUT2D eigenvalue weighted by atomic mass is 10.1. The fraction of sp³-hybridized carbons (Fsp3) is 0.721. The van der Waals surface area contributed by atoms with E-state index in [2.05, 4.69) is 106 Å². The van der Waals surface area contributed by atoms with Gasteiger partial charge in [-0.15, -0.1) is 0 Å². The molecule has 384 valence electrons. The van der Waals surface area contributed by atoms with Gasteiger partial charge in [0.1, 0.15) is 13.2 Å². The third-order valence-electron chi connectivity index (χ3n) is 11.9. The van der Waals surface area contributed by atoms with Crippen LogP contribution in [0.3, 0.4) is 0 Å². The number of carbonyl (C=O) groups excluding carboxylic acids is 3. The SMILES string of the molecule is CC/C=C\C/C=C\C/C=C\C/C=C\C/C=C\C/C=C\CCCCCCCCCCCCC(=O)OCC(COC(=O)CCCCCCCCCCC)OC(=O)CCCCCCC/C=C\CCCC. The Bertz CT molecular complexity index is 1300. The fourth-order valence-electron chi connectivity index (χ4n) is 7.66. The van der Waals surface area contributed by atoms with Gasteiger partial charge < -0.3 is 14.2 Å². The van der Waals surface area contributed by atoms with Gasteiger partial charge in [0.2, 0.25) is 0 Å². The Hall–Kier alpha value is -3.41. The van der Waals surface area contributed by atoms with Crippen molar-refractivity contribution in [3.8, 4) is 0 Å². The number of hydrogen-bond donors (Lipinski definition) is 0. The molecule has 0 bridgehead atoms. The van der Waals surface area contributed by atoms with Gasteiger partial charge in [0, 0.05) is 19.3 Å². The van der Waals surface area contributed by atoms with Crippen LogP contribution in [0.1, 0.15) is 265 Å². The highest BCUT2D eigenvalue weighted by atomic mass is 16.6. The molecule has 0 aromatic rings. The monoisotopic (exact) mass is 933 g/mol. The summed E-state index contributed by atoms with van der Waals surface area (Å²) in [4.78, 5) is 37.9. The smallest absolute Gasteiger partial charge is 0.306 e. The molecule has 0 spiro atoms. The fourth-order valence-corrected chi connectivity index (χ4v) is 7.66. The number of rotatable bonds is 50. The van der Waals surface area contributed by atoms with Gasteiger partial charge in [-0.3, -0.25) is 14.4 Å². The third kappa shape index (κ3) is 53.4. The van der Waals surface area contributed by atoms with Crippen molar-refractivity contribution in [3.63, 3.8) is 0 Å². The van der Waals surface area contributed by atoms with Gasteiger partial charge >= 0.3 is 17.9 Å². The Morgan fingerprint density at radius 3 is 0.970 bits per heavy atom. The average molecular weight is 933 g/mol. The second kappa shape index (κ2) is 55.2. The highest BCUT2D eigenvalue weighted by molar-refractivity contribution is 5.71. The molecule has 1 atom stereocenters. The minimum atomic E-state index is -0.778. The van der Waals surface area contributed by atoms with E-state index in [0.717, 1.165) is 109 Å². The number of unbranched alkanes of at least 4 members (excludes halogenated alkanes) is 25. The lowest BCUT2D eigenvalue weighted by Gasteiger charge is -2.18. The number of esters is 3. The van der Waals surface area contributed by atoms with E-state index in [-0.39, 0.29) is 31.1 Å². The summed E-state index contributed by atoms with van der Waals surface area (Å²) >= 11 is 0. The van der Waals surface area contributed by atoms with Gasteiger partial charge in [-0.2, -0.15) is 0 Å². The quantitative estimate of drug-likeness (QED) is 0.0262. The van der Waals surface area contributed by atoms with Gasteiger partial charge in [0.15, 0.2) is 6.10 Å². The summed E-state index contributed by atoms with van der Waals surface area (Å²) in [5.41, 5.74) is 0. The van der Waals surface area contributed by atoms with Crippen molar-refractivity contribution >= 4 is 17.9 Å². The standard InChI is InChI=1S/C61H104O6/c1-4-7-10-13-16-19-21-22-23-24-25-26-27-28-29-30-31-32-33-34-35-36-37-38-40-42-45-48-51-54-60(63)66-57-58(56-65-59(62)53-50-47-44-41-18-15-12-9-6-3)67-61(64)55-52-49-46-43-39-20-17-14-11-8-5-2/h7,10,14,16-17,19,22-23,25-26,28-29,31-32,58H,4-6,8-9,11-13,15,18,20-21,24,27,30,33-57H2,1-3H3/b10-7-,17-14-,19-16-,23-22-,26-25-,29-28-,32-31-. The molecule has 0 aliphatic carbocycles. The van der Waals surface area contributed by atoms with Crippen LogP contribution in [0.25, 0.3) is 0 Å². The molecule has 6 heteroatoms. The van der Waals surface area contributed by atoms with Crippen LogP contribution in [-0.4, -0.2) is 37.2 Å². The second-order valence-corrected chi connectivity index (χ2v) is 18.5. The van der Waals surface area contributed by atoms with E-state index in [9.17, 15) is 14.4 Å². The second-order valence-electron chi connectivity index (χ2n) is 18.5. The topological polar surface area (TPSA) is 78.9 Å². The van der Waals surface area contributed by atoms with Crippen LogP contribution in [0.4, 0.5) is 0 Å². The first-order valence-electron chi connectivity index (χ1n) is 28.1. The molecule has 0 amide bonds. The molecule has 0 aliphatic heterocycles. The molecule has 0 aromatic heterocycles. The maximum atomic E-state index is 12.7. The first-order chi connectivity index (χ1) is 33.0. The minimum absolute atomic E-state index is 0.0788. The first kappa shape index (κ1) is 63.6. The zero-order chi connectivity index (χ0) is 48.6. The van der Waals surface area contributed by atoms with E-state index in [4.69, 9.17) is 14.2 Å². The normalized spacial score (nSPS) is 12.7. The Balaban J connectivity index is 4.15. The maximum Gasteiger partial charge on any atom is 0.306 e. The molecule has 0 aromatic carbocycles. The van der Waals surface area contributed by atoms with Crippen LogP contribution in [0.15, 0.2) is 85.1 Å². The molecule has 1 unspecified atom stereocenters. The lowest BCUT2D eigenvalue weighted by molar-refractivity contribution is -0.167. The Morgan fingerprint density at radius 2 is 0.597 bits per heavy atom. The Labute approximate surface area is 414 Å². The van der Waals surface area contributed by atoms with Gasteiger partial charge in [-0.05, 0) is 89.9 Å². The van der Waals surface area contributed by atoms with Gasteiger partial charge in [0.25, 0.3) is 0 Å². The maximum absolute atomic E-state index is 12.7. The molecule has 0 saturated carbocycles. The zero-order valence-corrected chi connectivity index (χ0v) is 43.9. The summed E-state index contributed by atoms with van der Waals surface area (Å²) < 4.78 is 16.8. The number of hydrogen-bond acceptors (Lipinski definition) is 6. The molecule has 67 heavy (non-hydrogen) atoms. The summed E-state index contributed by atoms with van der Waals surface area (Å²) in [6, 6.07) is 0. The number of ether oxygens (including phenoxy) is 3. The van der Waals surface area contributed by atoms with Gasteiger partial charge in [-0.1, -0.05) is 241 Å². The van der Waals surface area contributed by atoms with Crippen molar-refractivity contribution in [3.05, 3.63) is 85.1 Å². The zero-order valence-electron chi connectivity index (χ0n) is 43.9. The molecule has 0 aliphatic rings. The third-order valence-corrected chi connectivity index (χ3v) is 11.9. The lowest BCUT2D eigenvalue weighted by Crippen LogP contribution is -2.30. The number of carbonyl (C=O) groups is 3. The first-order valence-corrected chi connectivity index (χ1v) is 28.1. The molecule has 0 fully saturated rings. The minimum Gasteiger partial charge on any atom is -0.462 e. The van der Waals surface area contributed by atoms with Gasteiger partial charge in [-0.25, -0.2) is 0 Å². The average Bonchev–Trinajstić information content (AvgIpc) is 3.33. The predicted octanol–water partition coefficient (Wildman–Crippen LogP) is 18.8. The highest BCUT2D eigenvalue weighted by Gasteiger charge is 2.19. The van der Waals surface area contributed by atoms with Crippen LogP contribution in [0.2, 0.25) is 0 Å². The van der Waals surface area contributed by atoms with E-state index in [1.165, 1.54) is 116 Å². The van der Waals surface area contributed by atoms with E-state index in [0.29, 0.717) is 19.3 Å². The molecular formula is C61H104O6. The van der Waals surface area contributed by atoms with E-state index < -0.39 is 6.10 Å². The van der Waals surface area contributed by atoms with E-state index in [1.807, 2.05) is 0 Å². The molecule has 0 heterocycles. The van der Waals surface area contributed by atoms with Crippen LogP contribution in [-0.2, 0) is 28.6 Å². The Morgan fingerprint density at radius 1 is 0.313 bits per heavy atom. The molecule has 6 nitrogen and oxygen atoms in total. The van der Waals surface area contributed by atoms with E-state index in [1.54, 1.807) is 0 Å². The molecule has 0 N–H and O–H groups in total. The van der Waals surface area contributed by atoms with Crippen molar-refractivity contribution < 1.29 is 28.6 Å². The molecule has 0 saturated heterocycles. The van der Waals surface area contributed by atoms with Crippen LogP contribution < -0.4 is 0 Å². The van der Waals surface area contributed by atoms with E-state index >= 15 is 0 Å². The summed E-state index contributed by atoms with van der Waals surface area (Å²) in [5.74, 6) is -0.894. The number of allylic oxidation sites excluding steroid dienone is 14. The van der Waals surface area contributed by atoms with Crippen LogP contribution >= 0.6 is 0 Å². The largest absolute Gasteiger partial charge is 0.462 e. The highest BCUT2D eigenvalue weighted by Crippen LogP contribution is 2.15. The van der Waals surface area contributed by atoms with Crippen LogP contribution in [0.5, 0.6) is 0 Å². The van der Waals surface area contributed by atoms with Gasteiger partial charge in [0.05, 0.1) is 0 Å². The molecule has 0 rings (SSSR count). The van der Waals surface area contributed by atoms with Crippen molar-refractivity contribution in [1.29, 1.82) is 0 Å². The van der Waals surface area contributed by atoms with Crippen molar-refractivity contribution in [2.24, 2.45) is 0 Å². The van der Waals surface area contributed by atoms with Crippen molar-refractivity contribution in [2.75, 3.05) is 13.2 Å². The summed E-state index contributed by atoms with van der Waals surface area (Å²) in [7, 11) is 0. The molecular weight excluding hydrogens is 829 g/mol. The summed E-state index contributed by atoms with van der Waals surface area (Å²) in [5, 5.41) is 0. The molecule has 0 radical (unpaired) electrons. The summed E-state index contributed by atoms with van der Waals surface area (Å²) in [6.07, 6.45) is 71.6. The predicted molar refractivity (Wildman–Crippen MR) is 288 cm³/mol. The summed E-state index contributed by atoms with van der Waals surface area (Å²) in [6.45, 7) is 6.46. The van der Waals surface area contributed by atoms with Crippen LogP contribution in [0, 0.1) is 0 Å². The van der Waals surface area contributed by atoms with Crippen molar-refractivity contribution in [1.82, 2.24) is 0 Å². The Kier molecular flexibility index (Phi) is 52.4. The van der Waals surface area contributed by atoms with Crippen molar-refractivity contribution in [2.45, 2.75) is 271 Å².